The van der Waals surface area contributed by atoms with Crippen molar-refractivity contribution < 1.29 is 9.47 Å². The molecule has 2 unspecified atom stereocenters. The summed E-state index contributed by atoms with van der Waals surface area (Å²) in [5.41, 5.74) is 1.27. The van der Waals surface area contributed by atoms with Gasteiger partial charge in [0, 0.05) is 25.3 Å². The summed E-state index contributed by atoms with van der Waals surface area (Å²) in [6, 6.07) is 8.99. The van der Waals surface area contributed by atoms with E-state index in [0.717, 1.165) is 25.4 Å². The van der Waals surface area contributed by atoms with Gasteiger partial charge in [0.15, 0.2) is 0 Å². The predicted octanol–water partition coefficient (Wildman–Crippen LogP) is 2.13. The summed E-state index contributed by atoms with van der Waals surface area (Å²) in [6.07, 6.45) is 1.02. The number of para-hydroxylation sites is 1. The first kappa shape index (κ1) is 11.4. The van der Waals surface area contributed by atoms with Crippen molar-refractivity contribution in [1.82, 2.24) is 5.32 Å². The number of methoxy groups -OCH3 is 1. The third kappa shape index (κ3) is 2.54. The number of hydrogen-bond donors (Lipinski definition) is 1. The molecular formula is C13H19NO2. The van der Waals surface area contributed by atoms with Gasteiger partial charge in [0.2, 0.25) is 0 Å². The molecule has 0 bridgehead atoms. The van der Waals surface area contributed by atoms with Crippen molar-refractivity contribution in [3.63, 3.8) is 0 Å². The predicted molar refractivity (Wildman–Crippen MR) is 63.8 cm³/mol. The molecule has 1 aliphatic heterocycles. The topological polar surface area (TPSA) is 30.5 Å². The fraction of sp³-hybridized carbons (Fsp3) is 0.538. The molecule has 0 radical (unpaired) electrons. The van der Waals surface area contributed by atoms with E-state index in [2.05, 4.69) is 24.4 Å². The number of rotatable bonds is 5. The Hall–Kier alpha value is -1.06. The molecule has 2 rings (SSSR count). The molecule has 0 saturated carbocycles. The van der Waals surface area contributed by atoms with E-state index in [1.54, 1.807) is 7.11 Å². The van der Waals surface area contributed by atoms with Crippen LogP contribution in [-0.4, -0.2) is 26.4 Å². The molecule has 0 fully saturated rings. The first-order chi connectivity index (χ1) is 7.81. The minimum absolute atomic E-state index is 0.322. The molecular weight excluding hydrogens is 202 g/mol. The van der Waals surface area contributed by atoms with Crippen molar-refractivity contribution in [2.45, 2.75) is 25.4 Å². The molecule has 1 aliphatic rings. The normalized spacial score (nSPS) is 20.2. The summed E-state index contributed by atoms with van der Waals surface area (Å²) in [4.78, 5) is 0. The fourth-order valence-electron chi connectivity index (χ4n) is 2.02. The van der Waals surface area contributed by atoms with Gasteiger partial charge in [-0.3, -0.25) is 0 Å². The summed E-state index contributed by atoms with van der Waals surface area (Å²) >= 11 is 0. The van der Waals surface area contributed by atoms with Gasteiger partial charge in [0.25, 0.3) is 0 Å². The quantitative estimate of drug-likeness (QED) is 0.826. The van der Waals surface area contributed by atoms with Crippen LogP contribution in [-0.2, 0) is 4.74 Å². The summed E-state index contributed by atoms with van der Waals surface area (Å²) in [7, 11) is 1.74. The van der Waals surface area contributed by atoms with Gasteiger partial charge in [-0.15, -0.1) is 0 Å². The third-order valence-electron chi connectivity index (χ3n) is 2.94. The molecule has 0 aliphatic carbocycles. The zero-order valence-electron chi connectivity index (χ0n) is 9.90. The maximum Gasteiger partial charge on any atom is 0.124 e. The molecule has 1 heterocycles. The number of ether oxygens (including phenoxy) is 2. The zero-order chi connectivity index (χ0) is 11.4. The Labute approximate surface area is 96.8 Å². The average molecular weight is 221 g/mol. The maximum absolute atomic E-state index is 5.62. The lowest BCUT2D eigenvalue weighted by Crippen LogP contribution is -2.32. The third-order valence-corrected chi connectivity index (χ3v) is 2.94. The molecule has 1 aromatic carbocycles. The SMILES string of the molecule is COCCC(C)NC1COc2ccccc21. The Morgan fingerprint density at radius 3 is 3.12 bits per heavy atom. The fourth-order valence-corrected chi connectivity index (χ4v) is 2.02. The van der Waals surface area contributed by atoms with Crippen molar-refractivity contribution in [3.8, 4) is 5.75 Å². The molecule has 0 spiro atoms. The lowest BCUT2D eigenvalue weighted by molar-refractivity contribution is 0.180. The first-order valence-electron chi connectivity index (χ1n) is 5.78. The molecule has 2 atom stereocenters. The van der Waals surface area contributed by atoms with Crippen LogP contribution in [0.4, 0.5) is 0 Å². The molecule has 0 saturated heterocycles. The Morgan fingerprint density at radius 1 is 1.50 bits per heavy atom. The summed E-state index contributed by atoms with van der Waals surface area (Å²) < 4.78 is 10.7. The van der Waals surface area contributed by atoms with Gasteiger partial charge in [-0.1, -0.05) is 18.2 Å². The van der Waals surface area contributed by atoms with Crippen LogP contribution in [0, 0.1) is 0 Å². The standard InChI is InChI=1S/C13H19NO2/c1-10(7-8-15-2)14-12-9-16-13-6-4-3-5-11(12)13/h3-6,10,12,14H,7-9H2,1-2H3. The van der Waals surface area contributed by atoms with E-state index in [4.69, 9.17) is 9.47 Å². The van der Waals surface area contributed by atoms with E-state index in [1.165, 1.54) is 5.56 Å². The summed E-state index contributed by atoms with van der Waals surface area (Å²) in [5.74, 6) is 1.01. The van der Waals surface area contributed by atoms with Crippen molar-refractivity contribution in [2.75, 3.05) is 20.3 Å². The van der Waals surface area contributed by atoms with Crippen molar-refractivity contribution in [3.05, 3.63) is 29.8 Å². The Bertz CT molecular complexity index is 340. The molecule has 3 heteroatoms. The smallest absolute Gasteiger partial charge is 0.124 e. The number of benzene rings is 1. The number of hydrogen-bond acceptors (Lipinski definition) is 3. The average Bonchev–Trinajstić information content (AvgIpc) is 2.70. The van der Waals surface area contributed by atoms with Crippen LogP contribution in [0.25, 0.3) is 0 Å². The van der Waals surface area contributed by atoms with E-state index < -0.39 is 0 Å². The minimum atomic E-state index is 0.322. The maximum atomic E-state index is 5.62. The van der Waals surface area contributed by atoms with Gasteiger partial charge in [-0.2, -0.15) is 0 Å². The summed E-state index contributed by atoms with van der Waals surface area (Å²) in [6.45, 7) is 3.71. The molecule has 1 aromatic rings. The van der Waals surface area contributed by atoms with Crippen LogP contribution in [0.3, 0.4) is 0 Å². The zero-order valence-corrected chi connectivity index (χ0v) is 9.90. The molecule has 0 aromatic heterocycles. The second-order valence-corrected chi connectivity index (χ2v) is 4.25. The van der Waals surface area contributed by atoms with Gasteiger partial charge in [0.1, 0.15) is 12.4 Å². The largest absolute Gasteiger partial charge is 0.491 e. The van der Waals surface area contributed by atoms with Crippen LogP contribution in [0.15, 0.2) is 24.3 Å². The second-order valence-electron chi connectivity index (χ2n) is 4.25. The van der Waals surface area contributed by atoms with Crippen LogP contribution >= 0.6 is 0 Å². The molecule has 88 valence electrons. The monoisotopic (exact) mass is 221 g/mol. The van der Waals surface area contributed by atoms with Gasteiger partial charge in [0.05, 0.1) is 6.04 Å². The Balaban J connectivity index is 1.92. The lowest BCUT2D eigenvalue weighted by atomic mass is 10.1. The van der Waals surface area contributed by atoms with Gasteiger partial charge in [-0.05, 0) is 19.4 Å². The van der Waals surface area contributed by atoms with E-state index in [9.17, 15) is 0 Å². The summed E-state index contributed by atoms with van der Waals surface area (Å²) in [5, 5.41) is 3.56. The Kier molecular flexibility index (Phi) is 3.80. The molecule has 3 nitrogen and oxygen atoms in total. The first-order valence-corrected chi connectivity index (χ1v) is 5.78. The Morgan fingerprint density at radius 2 is 2.31 bits per heavy atom. The highest BCUT2D eigenvalue weighted by molar-refractivity contribution is 5.39. The minimum Gasteiger partial charge on any atom is -0.491 e. The van der Waals surface area contributed by atoms with Crippen LogP contribution in [0.1, 0.15) is 24.9 Å². The number of fused-ring (bicyclic) bond motifs is 1. The van der Waals surface area contributed by atoms with Gasteiger partial charge >= 0.3 is 0 Å². The number of nitrogens with one attached hydrogen (secondary N) is 1. The van der Waals surface area contributed by atoms with Crippen LogP contribution in [0.2, 0.25) is 0 Å². The molecule has 1 N–H and O–H groups in total. The highest BCUT2D eigenvalue weighted by Gasteiger charge is 2.24. The van der Waals surface area contributed by atoms with E-state index in [1.807, 2.05) is 12.1 Å². The molecule has 16 heavy (non-hydrogen) atoms. The van der Waals surface area contributed by atoms with Crippen molar-refractivity contribution >= 4 is 0 Å². The van der Waals surface area contributed by atoms with Crippen LogP contribution < -0.4 is 10.1 Å². The van der Waals surface area contributed by atoms with E-state index >= 15 is 0 Å². The van der Waals surface area contributed by atoms with Crippen LogP contribution in [0.5, 0.6) is 5.75 Å². The highest BCUT2D eigenvalue weighted by Crippen LogP contribution is 2.31. The van der Waals surface area contributed by atoms with Crippen molar-refractivity contribution in [2.24, 2.45) is 0 Å². The van der Waals surface area contributed by atoms with E-state index in [0.29, 0.717) is 12.1 Å². The second kappa shape index (κ2) is 5.32. The molecule has 0 amide bonds. The van der Waals surface area contributed by atoms with Gasteiger partial charge < -0.3 is 14.8 Å². The van der Waals surface area contributed by atoms with Gasteiger partial charge in [-0.25, -0.2) is 0 Å². The van der Waals surface area contributed by atoms with E-state index in [-0.39, 0.29) is 0 Å². The lowest BCUT2D eigenvalue weighted by Gasteiger charge is -2.18. The highest BCUT2D eigenvalue weighted by atomic mass is 16.5. The van der Waals surface area contributed by atoms with Crippen molar-refractivity contribution in [1.29, 1.82) is 0 Å².